The molecular weight excluding hydrogens is 174 g/mol. The van der Waals surface area contributed by atoms with Crippen LogP contribution >= 0.6 is 11.6 Å². The SMILES string of the molecule is C/C=C(\ON)c1ccc(Cl)cc1. The molecule has 0 aliphatic rings. The molecule has 0 heterocycles. The van der Waals surface area contributed by atoms with Crippen LogP contribution < -0.4 is 5.90 Å². The molecule has 0 bridgehead atoms. The molecule has 0 fully saturated rings. The fraction of sp³-hybridized carbons (Fsp3) is 0.111. The third-order valence-electron chi connectivity index (χ3n) is 1.52. The monoisotopic (exact) mass is 183 g/mol. The summed E-state index contributed by atoms with van der Waals surface area (Å²) in [6.07, 6.45) is 1.79. The van der Waals surface area contributed by atoms with Crippen molar-refractivity contribution in [2.24, 2.45) is 5.90 Å². The number of rotatable bonds is 2. The Hall–Kier alpha value is -0.990. The maximum absolute atomic E-state index is 5.71. The van der Waals surface area contributed by atoms with Gasteiger partial charge in [-0.05, 0) is 37.3 Å². The summed E-state index contributed by atoms with van der Waals surface area (Å²) in [5, 5.41) is 0.700. The molecule has 0 saturated carbocycles. The molecule has 1 rings (SSSR count). The van der Waals surface area contributed by atoms with Gasteiger partial charge in [-0.3, -0.25) is 0 Å². The average Bonchev–Trinajstić information content (AvgIpc) is 2.10. The molecule has 0 unspecified atom stereocenters. The zero-order chi connectivity index (χ0) is 8.97. The fourth-order valence-corrected chi connectivity index (χ4v) is 1.04. The van der Waals surface area contributed by atoms with Crippen LogP contribution in [0.4, 0.5) is 0 Å². The first-order valence-corrected chi connectivity index (χ1v) is 3.94. The van der Waals surface area contributed by atoms with E-state index in [0.29, 0.717) is 10.8 Å². The Kier molecular flexibility index (Phi) is 3.14. The van der Waals surface area contributed by atoms with E-state index in [0.717, 1.165) is 5.56 Å². The molecular formula is C9H10ClNO. The van der Waals surface area contributed by atoms with Crippen LogP contribution in [0.15, 0.2) is 30.3 Å². The normalized spacial score (nSPS) is 11.4. The van der Waals surface area contributed by atoms with Crippen molar-refractivity contribution >= 4 is 17.4 Å². The summed E-state index contributed by atoms with van der Waals surface area (Å²) in [4.78, 5) is 4.64. The van der Waals surface area contributed by atoms with Crippen molar-refractivity contribution in [1.82, 2.24) is 0 Å². The molecule has 2 nitrogen and oxygen atoms in total. The highest BCUT2D eigenvalue weighted by molar-refractivity contribution is 6.30. The minimum absolute atomic E-state index is 0.645. The van der Waals surface area contributed by atoms with Crippen molar-refractivity contribution in [2.45, 2.75) is 6.92 Å². The fourth-order valence-electron chi connectivity index (χ4n) is 0.917. The van der Waals surface area contributed by atoms with Crippen LogP contribution in [0.5, 0.6) is 0 Å². The molecule has 3 heteroatoms. The van der Waals surface area contributed by atoms with E-state index in [9.17, 15) is 0 Å². The zero-order valence-electron chi connectivity index (χ0n) is 6.75. The predicted octanol–water partition coefficient (Wildman–Crippen LogP) is 2.59. The second kappa shape index (κ2) is 4.14. The zero-order valence-corrected chi connectivity index (χ0v) is 7.51. The van der Waals surface area contributed by atoms with Gasteiger partial charge in [0.1, 0.15) is 5.76 Å². The van der Waals surface area contributed by atoms with E-state index >= 15 is 0 Å². The third-order valence-corrected chi connectivity index (χ3v) is 1.77. The van der Waals surface area contributed by atoms with Crippen LogP contribution in [-0.2, 0) is 4.84 Å². The number of benzene rings is 1. The molecule has 0 aromatic heterocycles. The summed E-state index contributed by atoms with van der Waals surface area (Å²) in [5.41, 5.74) is 0.921. The Balaban J connectivity index is 2.96. The number of hydrogen-bond acceptors (Lipinski definition) is 2. The van der Waals surface area contributed by atoms with Crippen molar-refractivity contribution in [1.29, 1.82) is 0 Å². The number of nitrogens with two attached hydrogens (primary N) is 1. The average molecular weight is 184 g/mol. The van der Waals surface area contributed by atoms with Gasteiger partial charge in [0.2, 0.25) is 0 Å². The molecule has 64 valence electrons. The molecule has 0 spiro atoms. The van der Waals surface area contributed by atoms with Crippen LogP contribution in [-0.4, -0.2) is 0 Å². The van der Waals surface area contributed by atoms with E-state index in [-0.39, 0.29) is 0 Å². The molecule has 0 amide bonds. The molecule has 0 aliphatic heterocycles. The standard InChI is InChI=1S/C9H10ClNO/c1-2-9(12-11)7-3-5-8(10)6-4-7/h2-6H,11H2,1H3/b9-2-. The van der Waals surface area contributed by atoms with Gasteiger partial charge in [-0.15, -0.1) is 0 Å². The molecule has 1 aromatic rings. The summed E-state index contributed by atoms with van der Waals surface area (Å²) < 4.78 is 0. The minimum atomic E-state index is 0.645. The highest BCUT2D eigenvalue weighted by Crippen LogP contribution is 2.16. The van der Waals surface area contributed by atoms with Crippen molar-refractivity contribution in [3.63, 3.8) is 0 Å². The van der Waals surface area contributed by atoms with E-state index < -0.39 is 0 Å². The number of hydrogen-bond donors (Lipinski definition) is 1. The second-order valence-corrected chi connectivity index (χ2v) is 2.71. The Morgan fingerprint density at radius 3 is 2.42 bits per heavy atom. The van der Waals surface area contributed by atoms with Gasteiger partial charge < -0.3 is 4.84 Å². The first-order chi connectivity index (χ1) is 5.77. The van der Waals surface area contributed by atoms with Crippen LogP contribution in [0.3, 0.4) is 0 Å². The molecule has 0 radical (unpaired) electrons. The Morgan fingerprint density at radius 1 is 1.42 bits per heavy atom. The van der Waals surface area contributed by atoms with Crippen LogP contribution in [0, 0.1) is 0 Å². The topological polar surface area (TPSA) is 35.2 Å². The number of allylic oxidation sites excluding steroid dienone is 1. The highest BCUT2D eigenvalue weighted by Gasteiger charge is 1.98. The largest absolute Gasteiger partial charge is 0.411 e. The first-order valence-electron chi connectivity index (χ1n) is 3.57. The van der Waals surface area contributed by atoms with Crippen LogP contribution in [0.25, 0.3) is 5.76 Å². The molecule has 0 aliphatic carbocycles. The Bertz CT molecular complexity index is 279. The van der Waals surface area contributed by atoms with Crippen LogP contribution in [0.1, 0.15) is 12.5 Å². The predicted molar refractivity (Wildman–Crippen MR) is 50.4 cm³/mol. The van der Waals surface area contributed by atoms with E-state index in [2.05, 4.69) is 4.84 Å². The summed E-state index contributed by atoms with van der Waals surface area (Å²) in [6, 6.07) is 7.29. The van der Waals surface area contributed by atoms with Crippen molar-refractivity contribution in [2.75, 3.05) is 0 Å². The quantitative estimate of drug-likeness (QED) is 0.565. The molecule has 12 heavy (non-hydrogen) atoms. The van der Waals surface area contributed by atoms with Gasteiger partial charge in [-0.2, -0.15) is 5.90 Å². The highest BCUT2D eigenvalue weighted by atomic mass is 35.5. The lowest BCUT2D eigenvalue weighted by molar-refractivity contribution is 0.290. The van der Waals surface area contributed by atoms with Gasteiger partial charge in [-0.25, -0.2) is 0 Å². The third kappa shape index (κ3) is 2.00. The maximum atomic E-state index is 5.71. The van der Waals surface area contributed by atoms with Crippen molar-refractivity contribution in [3.05, 3.63) is 40.9 Å². The molecule has 0 atom stereocenters. The first kappa shape index (κ1) is 9.10. The summed E-state index contributed by atoms with van der Waals surface area (Å²) in [6.45, 7) is 1.86. The smallest absolute Gasteiger partial charge is 0.149 e. The minimum Gasteiger partial charge on any atom is -0.411 e. The number of halogens is 1. The summed E-state index contributed by atoms with van der Waals surface area (Å²) >= 11 is 5.71. The van der Waals surface area contributed by atoms with Gasteiger partial charge in [0.05, 0.1) is 0 Å². The molecule has 2 N–H and O–H groups in total. The van der Waals surface area contributed by atoms with E-state index in [1.165, 1.54) is 0 Å². The van der Waals surface area contributed by atoms with Crippen LogP contribution in [0.2, 0.25) is 5.02 Å². The van der Waals surface area contributed by atoms with E-state index in [1.54, 1.807) is 18.2 Å². The summed E-state index contributed by atoms with van der Waals surface area (Å²) in [7, 11) is 0. The maximum Gasteiger partial charge on any atom is 0.149 e. The van der Waals surface area contributed by atoms with Crippen molar-refractivity contribution in [3.8, 4) is 0 Å². The lowest BCUT2D eigenvalue weighted by atomic mass is 10.2. The Labute approximate surface area is 76.5 Å². The van der Waals surface area contributed by atoms with Gasteiger partial charge in [0.15, 0.2) is 0 Å². The van der Waals surface area contributed by atoms with Gasteiger partial charge in [0.25, 0.3) is 0 Å². The van der Waals surface area contributed by atoms with E-state index in [4.69, 9.17) is 17.5 Å². The lowest BCUT2D eigenvalue weighted by Crippen LogP contribution is -1.97. The van der Waals surface area contributed by atoms with Gasteiger partial charge in [-0.1, -0.05) is 11.6 Å². The molecule has 1 aromatic carbocycles. The van der Waals surface area contributed by atoms with E-state index in [1.807, 2.05) is 19.1 Å². The lowest BCUT2D eigenvalue weighted by Gasteiger charge is -2.03. The Morgan fingerprint density at radius 2 is 2.00 bits per heavy atom. The van der Waals surface area contributed by atoms with Gasteiger partial charge in [0, 0.05) is 10.6 Å². The van der Waals surface area contributed by atoms with Crippen molar-refractivity contribution < 1.29 is 4.84 Å². The second-order valence-electron chi connectivity index (χ2n) is 2.28. The molecule has 0 saturated heterocycles. The summed E-state index contributed by atoms with van der Waals surface area (Å²) in [5.74, 6) is 5.70. The van der Waals surface area contributed by atoms with Gasteiger partial charge >= 0.3 is 0 Å².